The van der Waals surface area contributed by atoms with E-state index in [0.717, 1.165) is 17.1 Å². The molecule has 0 bridgehead atoms. The lowest BCUT2D eigenvalue weighted by Gasteiger charge is -2.17. The summed E-state index contributed by atoms with van der Waals surface area (Å²) in [5, 5.41) is 1.45. The summed E-state index contributed by atoms with van der Waals surface area (Å²) in [5.74, 6) is 7.17. The fourth-order valence-corrected chi connectivity index (χ4v) is 1.56. The van der Waals surface area contributed by atoms with Crippen molar-refractivity contribution in [3.63, 3.8) is 0 Å². The molecule has 0 saturated carbocycles. The van der Waals surface area contributed by atoms with Gasteiger partial charge >= 0.3 is 0 Å². The molecule has 4 N–H and O–H groups in total. The Labute approximate surface area is 113 Å². The molecule has 0 spiro atoms. The Balaban J connectivity index is 2.91. The highest BCUT2D eigenvalue weighted by atomic mass is 32.1. The van der Waals surface area contributed by atoms with Crippen LogP contribution < -0.4 is 21.1 Å². The van der Waals surface area contributed by atoms with Gasteiger partial charge in [0, 0.05) is 6.07 Å². The molecule has 1 rings (SSSR count). The first-order valence-corrected chi connectivity index (χ1v) is 6.18. The lowest BCUT2D eigenvalue weighted by Crippen LogP contribution is -2.40. The zero-order valence-corrected chi connectivity index (χ0v) is 11.5. The predicted molar refractivity (Wildman–Crippen MR) is 75.3 cm³/mol. The standard InChI is InChI=1S/C12H19N3O2S/c1-3-16-10-5-9(8-15(14)12(13)18)6-11(7-10)17-4-2/h5-7H,3-4,8,14H2,1-2H3,(H2,13,18). The van der Waals surface area contributed by atoms with Crippen molar-refractivity contribution in [2.75, 3.05) is 13.2 Å². The highest BCUT2D eigenvalue weighted by Crippen LogP contribution is 2.23. The molecule has 0 heterocycles. The van der Waals surface area contributed by atoms with Crippen molar-refractivity contribution < 1.29 is 9.47 Å². The molecular weight excluding hydrogens is 250 g/mol. The summed E-state index contributed by atoms with van der Waals surface area (Å²) in [6, 6.07) is 5.63. The van der Waals surface area contributed by atoms with Gasteiger partial charge in [-0.15, -0.1) is 0 Å². The summed E-state index contributed by atoms with van der Waals surface area (Å²) >= 11 is 4.80. The molecule has 6 heteroatoms. The largest absolute Gasteiger partial charge is 0.494 e. The molecule has 0 aromatic heterocycles. The van der Waals surface area contributed by atoms with Crippen LogP contribution in [0.2, 0.25) is 0 Å². The number of rotatable bonds is 6. The number of nitrogens with zero attached hydrogens (tertiary/aromatic N) is 1. The first kappa shape index (κ1) is 14.5. The molecule has 1 aromatic carbocycles. The minimum Gasteiger partial charge on any atom is -0.494 e. The molecule has 100 valence electrons. The van der Waals surface area contributed by atoms with Crippen LogP contribution in [0.25, 0.3) is 0 Å². The van der Waals surface area contributed by atoms with Gasteiger partial charge in [0.05, 0.1) is 19.8 Å². The van der Waals surface area contributed by atoms with E-state index >= 15 is 0 Å². The Morgan fingerprint density at radius 1 is 1.17 bits per heavy atom. The predicted octanol–water partition coefficient (Wildman–Crippen LogP) is 1.40. The first-order valence-electron chi connectivity index (χ1n) is 5.78. The molecule has 0 radical (unpaired) electrons. The normalized spacial score (nSPS) is 9.94. The average Bonchev–Trinajstić information content (AvgIpc) is 2.29. The van der Waals surface area contributed by atoms with E-state index in [0.29, 0.717) is 19.8 Å². The summed E-state index contributed by atoms with van der Waals surface area (Å²) in [5.41, 5.74) is 6.38. The van der Waals surface area contributed by atoms with Crippen LogP contribution in [0, 0.1) is 0 Å². The van der Waals surface area contributed by atoms with Crippen molar-refractivity contribution in [2.45, 2.75) is 20.4 Å². The molecular formula is C12H19N3O2S. The van der Waals surface area contributed by atoms with Crippen LogP contribution in [0.5, 0.6) is 11.5 Å². The maximum atomic E-state index is 5.68. The van der Waals surface area contributed by atoms with Crippen LogP contribution in [0.15, 0.2) is 18.2 Å². The third-order valence-electron chi connectivity index (χ3n) is 2.20. The van der Waals surface area contributed by atoms with Crippen molar-refractivity contribution in [1.82, 2.24) is 5.01 Å². The van der Waals surface area contributed by atoms with Crippen molar-refractivity contribution >= 4 is 17.3 Å². The Bertz CT molecular complexity index is 388. The quantitative estimate of drug-likeness (QED) is 0.462. The van der Waals surface area contributed by atoms with E-state index in [4.69, 9.17) is 33.3 Å². The molecule has 5 nitrogen and oxygen atoms in total. The molecule has 0 fully saturated rings. The Morgan fingerprint density at radius 2 is 1.67 bits per heavy atom. The number of hydrogen-bond donors (Lipinski definition) is 2. The fraction of sp³-hybridized carbons (Fsp3) is 0.417. The molecule has 1 aromatic rings. The third-order valence-corrected chi connectivity index (χ3v) is 2.43. The van der Waals surface area contributed by atoms with Gasteiger partial charge in [0.25, 0.3) is 0 Å². The molecule has 0 aliphatic heterocycles. The van der Waals surface area contributed by atoms with Gasteiger partial charge in [-0.05, 0) is 43.8 Å². The number of hydrogen-bond acceptors (Lipinski definition) is 4. The molecule has 0 aliphatic rings. The fourth-order valence-electron chi connectivity index (χ4n) is 1.50. The zero-order chi connectivity index (χ0) is 13.5. The van der Waals surface area contributed by atoms with Crippen molar-refractivity contribution in [1.29, 1.82) is 0 Å². The van der Waals surface area contributed by atoms with E-state index in [1.54, 1.807) is 0 Å². The molecule has 18 heavy (non-hydrogen) atoms. The van der Waals surface area contributed by atoms with E-state index in [1.165, 1.54) is 5.01 Å². The Kier molecular flexibility index (Phi) is 5.67. The van der Waals surface area contributed by atoms with E-state index in [2.05, 4.69) is 0 Å². The molecule has 0 saturated heterocycles. The van der Waals surface area contributed by atoms with Crippen LogP contribution in [0.1, 0.15) is 19.4 Å². The second kappa shape index (κ2) is 7.03. The van der Waals surface area contributed by atoms with Gasteiger partial charge in [-0.2, -0.15) is 0 Å². The number of nitrogens with two attached hydrogens (primary N) is 2. The monoisotopic (exact) mass is 269 g/mol. The van der Waals surface area contributed by atoms with Gasteiger partial charge in [-0.1, -0.05) is 0 Å². The smallest absolute Gasteiger partial charge is 0.180 e. The number of benzene rings is 1. The van der Waals surface area contributed by atoms with Gasteiger partial charge in [-0.25, -0.2) is 5.84 Å². The van der Waals surface area contributed by atoms with E-state index < -0.39 is 0 Å². The van der Waals surface area contributed by atoms with Gasteiger partial charge in [0.1, 0.15) is 11.5 Å². The molecule has 0 amide bonds. The number of ether oxygens (including phenoxy) is 2. The topological polar surface area (TPSA) is 73.7 Å². The summed E-state index contributed by atoms with van der Waals surface area (Å²) in [6.45, 7) is 5.46. The third kappa shape index (κ3) is 4.38. The lowest BCUT2D eigenvalue weighted by molar-refractivity contribution is 0.321. The Hall–Kier alpha value is -1.53. The first-order chi connectivity index (χ1) is 8.56. The summed E-state index contributed by atoms with van der Waals surface area (Å²) in [4.78, 5) is 0. The van der Waals surface area contributed by atoms with Crippen molar-refractivity contribution in [3.05, 3.63) is 23.8 Å². The SMILES string of the molecule is CCOc1cc(CN(N)C(N)=S)cc(OCC)c1. The summed E-state index contributed by atoms with van der Waals surface area (Å²) in [6.07, 6.45) is 0. The molecule has 0 unspecified atom stereocenters. The van der Waals surface area contributed by atoms with Gasteiger partial charge in [0.2, 0.25) is 0 Å². The Morgan fingerprint density at radius 3 is 2.06 bits per heavy atom. The second-order valence-corrected chi connectivity index (χ2v) is 4.06. The van der Waals surface area contributed by atoms with Crippen LogP contribution in [0.4, 0.5) is 0 Å². The highest BCUT2D eigenvalue weighted by molar-refractivity contribution is 7.80. The minimum atomic E-state index is 0.148. The van der Waals surface area contributed by atoms with Gasteiger partial charge in [0.15, 0.2) is 5.11 Å². The van der Waals surface area contributed by atoms with Crippen LogP contribution in [0.3, 0.4) is 0 Å². The van der Waals surface area contributed by atoms with Crippen LogP contribution >= 0.6 is 12.2 Å². The molecule has 0 aliphatic carbocycles. The van der Waals surface area contributed by atoms with E-state index in [9.17, 15) is 0 Å². The maximum absolute atomic E-state index is 5.68. The number of thiocarbonyl (C=S) groups is 1. The summed E-state index contributed by atoms with van der Waals surface area (Å²) < 4.78 is 10.9. The van der Waals surface area contributed by atoms with E-state index in [-0.39, 0.29) is 5.11 Å². The lowest BCUT2D eigenvalue weighted by atomic mass is 10.2. The molecule has 0 atom stereocenters. The second-order valence-electron chi connectivity index (χ2n) is 3.64. The minimum absolute atomic E-state index is 0.148. The van der Waals surface area contributed by atoms with Crippen LogP contribution in [-0.2, 0) is 6.54 Å². The van der Waals surface area contributed by atoms with Crippen molar-refractivity contribution in [3.8, 4) is 11.5 Å². The van der Waals surface area contributed by atoms with Crippen molar-refractivity contribution in [2.24, 2.45) is 11.6 Å². The number of hydrazine groups is 1. The van der Waals surface area contributed by atoms with Crippen LogP contribution in [-0.4, -0.2) is 23.3 Å². The van der Waals surface area contributed by atoms with Gasteiger partial charge < -0.3 is 15.2 Å². The average molecular weight is 269 g/mol. The summed E-state index contributed by atoms with van der Waals surface area (Å²) in [7, 11) is 0. The maximum Gasteiger partial charge on any atom is 0.180 e. The van der Waals surface area contributed by atoms with E-state index in [1.807, 2.05) is 32.0 Å². The highest BCUT2D eigenvalue weighted by Gasteiger charge is 2.07. The zero-order valence-electron chi connectivity index (χ0n) is 10.7. The van der Waals surface area contributed by atoms with Gasteiger partial charge in [-0.3, -0.25) is 5.01 Å².